The van der Waals surface area contributed by atoms with Crippen molar-refractivity contribution in [3.05, 3.63) is 76.5 Å². The van der Waals surface area contributed by atoms with E-state index in [0.717, 1.165) is 22.4 Å². The highest BCUT2D eigenvalue weighted by molar-refractivity contribution is 7.08. The minimum Gasteiger partial charge on any atom is -0.489 e. The van der Waals surface area contributed by atoms with E-state index in [9.17, 15) is 0 Å². The Morgan fingerprint density at radius 2 is 1.81 bits per heavy atom. The molecule has 0 radical (unpaired) electrons. The molecule has 3 rings (SSSR count). The minimum absolute atomic E-state index is 0.468. The molecule has 0 spiro atoms. The van der Waals surface area contributed by atoms with Gasteiger partial charge in [-0.25, -0.2) is 0 Å². The van der Waals surface area contributed by atoms with E-state index in [1.807, 2.05) is 30.3 Å². The van der Waals surface area contributed by atoms with E-state index in [1.165, 1.54) is 5.56 Å². The number of nitrogens with two attached hydrogens (primary N) is 1. The van der Waals surface area contributed by atoms with Crippen LogP contribution in [0.2, 0.25) is 0 Å². The molecule has 0 aliphatic heterocycles. The summed E-state index contributed by atoms with van der Waals surface area (Å²) in [5, 5.41) is 4.21. The Balaban J connectivity index is 1.87. The van der Waals surface area contributed by atoms with Crippen molar-refractivity contribution in [2.24, 2.45) is 5.73 Å². The molecule has 2 nitrogen and oxygen atoms in total. The van der Waals surface area contributed by atoms with E-state index >= 15 is 0 Å². The van der Waals surface area contributed by atoms with Crippen LogP contribution < -0.4 is 10.5 Å². The van der Waals surface area contributed by atoms with Crippen LogP contribution >= 0.6 is 11.3 Å². The van der Waals surface area contributed by atoms with Gasteiger partial charge in [-0.15, -0.1) is 0 Å². The number of ether oxygens (including phenoxy) is 1. The average Bonchev–Trinajstić information content (AvgIpc) is 3.07. The highest BCUT2D eigenvalue weighted by Crippen LogP contribution is 2.32. The SMILES string of the molecule is NCc1c(OCc2ccccc2)cccc1-c1ccsc1. The van der Waals surface area contributed by atoms with Crippen LogP contribution in [0.5, 0.6) is 5.75 Å². The van der Waals surface area contributed by atoms with E-state index in [-0.39, 0.29) is 0 Å². The standard InChI is InChI=1S/C18H17NOS/c19-11-17-16(15-9-10-21-13-15)7-4-8-18(17)20-12-14-5-2-1-3-6-14/h1-10,13H,11-12,19H2. The van der Waals surface area contributed by atoms with E-state index < -0.39 is 0 Å². The Labute approximate surface area is 128 Å². The number of hydrogen-bond donors (Lipinski definition) is 1. The summed E-state index contributed by atoms with van der Waals surface area (Å²) in [5.41, 5.74) is 10.5. The molecule has 1 heterocycles. The van der Waals surface area contributed by atoms with Crippen molar-refractivity contribution < 1.29 is 4.74 Å². The molecule has 1 aromatic heterocycles. The Hall–Kier alpha value is -2.10. The number of hydrogen-bond acceptors (Lipinski definition) is 3. The maximum absolute atomic E-state index is 5.98. The van der Waals surface area contributed by atoms with Crippen LogP contribution in [0.4, 0.5) is 0 Å². The molecule has 0 amide bonds. The predicted molar refractivity (Wildman–Crippen MR) is 88.4 cm³/mol. The third kappa shape index (κ3) is 3.15. The molecule has 2 aromatic carbocycles. The second-order valence-electron chi connectivity index (χ2n) is 4.77. The van der Waals surface area contributed by atoms with Crippen LogP contribution in [0.1, 0.15) is 11.1 Å². The topological polar surface area (TPSA) is 35.2 Å². The quantitative estimate of drug-likeness (QED) is 0.754. The zero-order valence-electron chi connectivity index (χ0n) is 11.7. The molecule has 106 valence electrons. The number of benzene rings is 2. The number of thiophene rings is 1. The maximum atomic E-state index is 5.98. The monoisotopic (exact) mass is 295 g/mol. The smallest absolute Gasteiger partial charge is 0.124 e. The average molecular weight is 295 g/mol. The molecule has 0 saturated carbocycles. The van der Waals surface area contributed by atoms with Gasteiger partial charge in [0.05, 0.1) is 0 Å². The molecule has 3 heteroatoms. The minimum atomic E-state index is 0.468. The summed E-state index contributed by atoms with van der Waals surface area (Å²) in [6, 6.07) is 18.4. The van der Waals surface area contributed by atoms with Gasteiger partial charge in [0.2, 0.25) is 0 Å². The summed E-state index contributed by atoms with van der Waals surface area (Å²) in [6.07, 6.45) is 0. The third-order valence-electron chi connectivity index (χ3n) is 3.41. The summed E-state index contributed by atoms with van der Waals surface area (Å²) < 4.78 is 5.98. The van der Waals surface area contributed by atoms with Crippen LogP contribution in [-0.4, -0.2) is 0 Å². The van der Waals surface area contributed by atoms with Gasteiger partial charge in [-0.3, -0.25) is 0 Å². The lowest BCUT2D eigenvalue weighted by molar-refractivity contribution is 0.303. The lowest BCUT2D eigenvalue weighted by Gasteiger charge is -2.14. The van der Waals surface area contributed by atoms with Gasteiger partial charge in [0.25, 0.3) is 0 Å². The van der Waals surface area contributed by atoms with Crippen molar-refractivity contribution in [1.29, 1.82) is 0 Å². The first-order chi connectivity index (χ1) is 10.4. The molecule has 0 unspecified atom stereocenters. The summed E-state index contributed by atoms with van der Waals surface area (Å²) in [4.78, 5) is 0. The molecule has 0 bridgehead atoms. The first-order valence-corrected chi connectivity index (χ1v) is 7.84. The van der Waals surface area contributed by atoms with Gasteiger partial charge in [0.1, 0.15) is 12.4 Å². The molecule has 0 fully saturated rings. The lowest BCUT2D eigenvalue weighted by atomic mass is 10.0. The fraction of sp³-hybridized carbons (Fsp3) is 0.111. The van der Waals surface area contributed by atoms with Gasteiger partial charge in [-0.1, -0.05) is 42.5 Å². The van der Waals surface area contributed by atoms with Gasteiger partial charge >= 0.3 is 0 Å². The molecule has 3 aromatic rings. The largest absolute Gasteiger partial charge is 0.489 e. The van der Waals surface area contributed by atoms with Gasteiger partial charge in [0, 0.05) is 12.1 Å². The molecule has 0 aliphatic rings. The van der Waals surface area contributed by atoms with Crippen molar-refractivity contribution in [2.75, 3.05) is 0 Å². The fourth-order valence-corrected chi connectivity index (χ4v) is 2.99. The van der Waals surface area contributed by atoms with E-state index in [4.69, 9.17) is 10.5 Å². The number of rotatable bonds is 5. The van der Waals surface area contributed by atoms with Gasteiger partial charge in [-0.05, 0) is 39.6 Å². The third-order valence-corrected chi connectivity index (χ3v) is 4.09. The van der Waals surface area contributed by atoms with Crippen LogP contribution in [-0.2, 0) is 13.2 Å². The summed E-state index contributed by atoms with van der Waals surface area (Å²) in [7, 11) is 0. The molecule has 2 N–H and O–H groups in total. The van der Waals surface area contributed by atoms with Crippen LogP contribution in [0, 0.1) is 0 Å². The van der Waals surface area contributed by atoms with Gasteiger partial charge < -0.3 is 10.5 Å². The highest BCUT2D eigenvalue weighted by Gasteiger charge is 2.10. The zero-order valence-corrected chi connectivity index (χ0v) is 12.5. The Morgan fingerprint density at radius 3 is 2.52 bits per heavy atom. The second-order valence-corrected chi connectivity index (χ2v) is 5.55. The Morgan fingerprint density at radius 1 is 0.952 bits per heavy atom. The van der Waals surface area contributed by atoms with Crippen molar-refractivity contribution in [1.82, 2.24) is 0 Å². The highest BCUT2D eigenvalue weighted by atomic mass is 32.1. The summed E-state index contributed by atoms with van der Waals surface area (Å²) in [6.45, 7) is 1.02. The lowest BCUT2D eigenvalue weighted by Crippen LogP contribution is -2.04. The second kappa shape index (κ2) is 6.57. The van der Waals surface area contributed by atoms with E-state index in [1.54, 1.807) is 11.3 Å². The first kappa shape index (κ1) is 13.9. The molecule has 0 atom stereocenters. The van der Waals surface area contributed by atoms with Crippen molar-refractivity contribution >= 4 is 11.3 Å². The summed E-state index contributed by atoms with van der Waals surface area (Å²) in [5.74, 6) is 0.866. The Bertz CT molecular complexity index is 693. The van der Waals surface area contributed by atoms with E-state index in [0.29, 0.717) is 13.2 Å². The maximum Gasteiger partial charge on any atom is 0.124 e. The van der Waals surface area contributed by atoms with Crippen molar-refractivity contribution in [2.45, 2.75) is 13.2 Å². The van der Waals surface area contributed by atoms with Crippen LogP contribution in [0.25, 0.3) is 11.1 Å². The first-order valence-electron chi connectivity index (χ1n) is 6.89. The molecular weight excluding hydrogens is 278 g/mol. The summed E-state index contributed by atoms with van der Waals surface area (Å²) >= 11 is 1.69. The van der Waals surface area contributed by atoms with Crippen LogP contribution in [0.3, 0.4) is 0 Å². The normalized spacial score (nSPS) is 10.5. The fourth-order valence-electron chi connectivity index (χ4n) is 2.33. The molecular formula is C18H17NOS. The molecule has 0 saturated heterocycles. The zero-order chi connectivity index (χ0) is 14.5. The van der Waals surface area contributed by atoms with E-state index in [2.05, 4.69) is 35.0 Å². The van der Waals surface area contributed by atoms with Crippen molar-refractivity contribution in [3.63, 3.8) is 0 Å². The van der Waals surface area contributed by atoms with Crippen molar-refractivity contribution in [3.8, 4) is 16.9 Å². The molecule has 0 aliphatic carbocycles. The van der Waals surface area contributed by atoms with Crippen LogP contribution in [0.15, 0.2) is 65.4 Å². The predicted octanol–water partition coefficient (Wildman–Crippen LogP) is 4.45. The molecule has 21 heavy (non-hydrogen) atoms. The van der Waals surface area contributed by atoms with Gasteiger partial charge in [-0.2, -0.15) is 11.3 Å². The van der Waals surface area contributed by atoms with Gasteiger partial charge in [0.15, 0.2) is 0 Å². The Kier molecular flexibility index (Phi) is 4.34.